The molecule has 5 fully saturated rings. The summed E-state index contributed by atoms with van der Waals surface area (Å²) in [5.41, 5.74) is 13.3. The number of hydrogen-bond acceptors (Lipinski definition) is 15. The molecular formula is C130H181F2O15S-. The van der Waals surface area contributed by atoms with E-state index in [1.54, 1.807) is 36.4 Å². The number of alkyl halides is 2. The minimum atomic E-state index is -6.11. The average molecular weight is 2050 g/mol. The monoisotopic (exact) mass is 2050 g/mol. The maximum Gasteiger partial charge on any atom is 0.429 e. The molecule has 0 radical (unpaired) electrons. The third-order valence-corrected chi connectivity index (χ3v) is 32.9. The zero-order valence-corrected chi connectivity index (χ0v) is 94.9. The van der Waals surface area contributed by atoms with E-state index in [2.05, 4.69) is 270 Å². The number of halogens is 2. The van der Waals surface area contributed by atoms with Gasteiger partial charge in [-0.1, -0.05) is 329 Å². The van der Waals surface area contributed by atoms with Crippen LogP contribution in [0.4, 0.5) is 8.78 Å². The number of carbonyl (C=O) groups excluding carboxylic acids is 1. The van der Waals surface area contributed by atoms with Crippen molar-refractivity contribution in [1.29, 1.82) is 0 Å². The Labute approximate surface area is 890 Å². The van der Waals surface area contributed by atoms with Crippen LogP contribution in [0.25, 0.3) is 10.8 Å². The van der Waals surface area contributed by atoms with Crippen LogP contribution in [-0.2, 0) is 33.9 Å². The number of fused-ring (bicyclic) bond motifs is 4. The summed E-state index contributed by atoms with van der Waals surface area (Å²) in [4.78, 5) is 11.0. The number of benzene rings is 10. The van der Waals surface area contributed by atoms with Crippen molar-refractivity contribution < 1.29 is 79.4 Å². The third-order valence-electron chi connectivity index (χ3n) is 32.1. The van der Waals surface area contributed by atoms with Crippen molar-refractivity contribution in [2.75, 3.05) is 6.61 Å². The molecule has 0 amide bonds. The van der Waals surface area contributed by atoms with E-state index in [4.69, 9.17) is 48.1 Å². The second-order valence-corrected chi connectivity index (χ2v) is 46.0. The van der Waals surface area contributed by atoms with Crippen LogP contribution in [0.2, 0.25) is 0 Å². The Morgan fingerprint density at radius 1 is 0.426 bits per heavy atom. The van der Waals surface area contributed by atoms with Crippen molar-refractivity contribution in [2.45, 2.75) is 410 Å². The van der Waals surface area contributed by atoms with Gasteiger partial charge in [0.1, 0.15) is 40.2 Å². The topological polar surface area (TPSA) is 198 Å². The first kappa shape index (κ1) is 122. The number of phenols is 2. The number of rotatable bonds is 37. The van der Waals surface area contributed by atoms with Gasteiger partial charge in [-0.2, -0.15) is 8.78 Å². The fourth-order valence-corrected chi connectivity index (χ4v) is 20.9. The quantitative estimate of drug-likeness (QED) is 0.0161. The highest BCUT2D eigenvalue weighted by Crippen LogP contribution is 2.60. The lowest BCUT2D eigenvalue weighted by Crippen LogP contribution is -2.45. The van der Waals surface area contributed by atoms with E-state index in [1.165, 1.54) is 170 Å². The Hall–Kier alpha value is -9.66. The Morgan fingerprint density at radius 3 is 1.17 bits per heavy atom. The van der Waals surface area contributed by atoms with Gasteiger partial charge >= 0.3 is 11.2 Å². The molecule has 10 aromatic rings. The minimum absolute atomic E-state index is 0.0233. The largest absolute Gasteiger partial charge is 0.743 e. The summed E-state index contributed by atoms with van der Waals surface area (Å²) in [5, 5.41) is 15.8. The molecule has 812 valence electrons. The Bertz CT molecular complexity index is 5480. The molecular weight excluding hydrogens is 1870 g/mol. The zero-order chi connectivity index (χ0) is 108. The maximum absolute atomic E-state index is 12.9. The van der Waals surface area contributed by atoms with Gasteiger partial charge in [0.2, 0.25) is 12.6 Å². The van der Waals surface area contributed by atoms with Crippen molar-refractivity contribution in [1.82, 2.24) is 0 Å². The predicted molar refractivity (Wildman–Crippen MR) is 602 cm³/mol. The standard InChI is InChI=1S/C26H38O2.C23H32O2.C20H32O2.C15H24O2.C14H14.C12H14F2O5S.2C10H14O/c1-4-17(2)20-8-11-23(12-9-20)27-25(26(3)16-19-6-10-22(26)14-19)28-24-15-18-5-7-21(24)13-18;1-7-17(2)19-13-15-21(16-14-19)25-22(23(4,5)6)24-18(3)20-11-9-8-10-12-20;1-4-16(2)19-10-12-20(13-11-19)22-17(3)21-15-14-18-8-6-5-7-9-18;1-6-12(4)14-7-9-15(10-8-14)17-13(5)16-11(2)3;1-9-10(2)13-8-4-6-11-5-3-7-12(9)14(11)13;1-3-8(2)9-4-6-10(7-5-9)19-11(15)12(13,14)20(16,17)18;2*1-3-8(2)9-4-6-10(11)7-5-9/h8-9,11-12,17-19,21-22,24-25H,4-7,10,13-16H2,1-3H3;8-18,22H,7H2,1-6H3;10-13,16-18H,4-9,14-15H2,1-3H3;7-13H,6H2,1-5H3;3-10H,1-2H3;4-8H,3H2,1-2H3,(H,16,17,18);2*4-8,11H,3H2,1-2H3/p-1. The van der Waals surface area contributed by atoms with Gasteiger partial charge in [-0.3, -0.25) is 0 Å². The van der Waals surface area contributed by atoms with Crippen molar-refractivity contribution in [2.24, 2.45) is 40.4 Å². The molecule has 15 nitrogen and oxygen atoms in total. The van der Waals surface area contributed by atoms with Gasteiger partial charge in [0.05, 0.1) is 24.9 Å². The summed E-state index contributed by atoms with van der Waals surface area (Å²) in [7, 11) is -6.11. The molecule has 0 spiro atoms. The molecule has 6 aliphatic carbocycles. The van der Waals surface area contributed by atoms with Crippen molar-refractivity contribution in [3.8, 4) is 40.2 Å². The molecule has 2 N–H and O–H groups in total. The first-order valence-electron chi connectivity index (χ1n) is 55.9. The molecule has 148 heavy (non-hydrogen) atoms. The second kappa shape index (κ2) is 59.4. The summed E-state index contributed by atoms with van der Waals surface area (Å²) in [6.45, 7) is 54.9. The molecule has 0 aliphatic heterocycles. The van der Waals surface area contributed by atoms with Crippen LogP contribution in [0.15, 0.2) is 237 Å². The molecule has 20 atom stereocenters. The summed E-state index contributed by atoms with van der Waals surface area (Å²) in [6, 6.07) is 78.1. The van der Waals surface area contributed by atoms with Gasteiger partial charge in [0, 0.05) is 10.8 Å². The highest BCUT2D eigenvalue weighted by atomic mass is 32.2. The number of phenolic OH excluding ortho intramolecular Hbond substituents is 2. The average Bonchev–Trinajstić information content (AvgIpc) is 1.60. The van der Waals surface area contributed by atoms with Crippen molar-refractivity contribution in [3.63, 3.8) is 0 Å². The van der Waals surface area contributed by atoms with Crippen LogP contribution < -0.4 is 23.7 Å². The predicted octanol–water partition coefficient (Wildman–Crippen LogP) is 36.0. The number of ether oxygens (including phenoxy) is 9. The lowest BCUT2D eigenvalue weighted by Gasteiger charge is -2.42. The molecule has 10 aromatic carbocycles. The van der Waals surface area contributed by atoms with Gasteiger partial charge in [0.25, 0.3) is 0 Å². The lowest BCUT2D eigenvalue weighted by molar-refractivity contribution is -0.204. The van der Waals surface area contributed by atoms with E-state index >= 15 is 0 Å². The molecule has 0 heterocycles. The molecule has 4 bridgehead atoms. The molecule has 5 saturated carbocycles. The normalized spacial score (nSPS) is 20.9. The Balaban J connectivity index is 0.000000191. The first-order chi connectivity index (χ1) is 70.4. The number of esters is 1. The van der Waals surface area contributed by atoms with E-state index < -0.39 is 21.3 Å². The van der Waals surface area contributed by atoms with E-state index in [9.17, 15) is 26.5 Å². The number of aromatic hydroxyl groups is 2. The fourth-order valence-electron chi connectivity index (χ4n) is 20.7. The van der Waals surface area contributed by atoms with Crippen LogP contribution in [0.1, 0.15) is 423 Å². The van der Waals surface area contributed by atoms with Gasteiger partial charge in [0.15, 0.2) is 22.7 Å². The van der Waals surface area contributed by atoms with Crippen LogP contribution >= 0.6 is 0 Å². The summed E-state index contributed by atoms with van der Waals surface area (Å²) in [6.07, 6.45) is 26.7. The lowest BCUT2D eigenvalue weighted by atomic mass is 9.74. The number of carbonyl (C=O) groups is 1. The second-order valence-electron chi connectivity index (χ2n) is 44.5. The molecule has 20 unspecified atom stereocenters. The Kier molecular flexibility index (Phi) is 48.9. The van der Waals surface area contributed by atoms with Crippen LogP contribution in [-0.4, -0.2) is 78.4 Å². The van der Waals surface area contributed by atoms with Gasteiger partial charge in [-0.05, 0) is 365 Å². The van der Waals surface area contributed by atoms with Crippen LogP contribution in [0, 0.1) is 40.4 Å². The smallest absolute Gasteiger partial charge is 0.429 e. The highest BCUT2D eigenvalue weighted by Gasteiger charge is 2.56. The van der Waals surface area contributed by atoms with Crippen LogP contribution in [0.5, 0.6) is 40.2 Å². The summed E-state index contributed by atoms with van der Waals surface area (Å²) >= 11 is 0. The van der Waals surface area contributed by atoms with Crippen molar-refractivity contribution >= 4 is 26.9 Å². The van der Waals surface area contributed by atoms with Gasteiger partial charge in [-0.25, -0.2) is 13.2 Å². The molecule has 0 saturated heterocycles. The fraction of sp³-hybridized carbons (Fsp3) is 0.546. The van der Waals surface area contributed by atoms with E-state index in [1.807, 2.05) is 96.1 Å². The first-order valence-corrected chi connectivity index (χ1v) is 57.3. The van der Waals surface area contributed by atoms with E-state index in [0.29, 0.717) is 64.9 Å². The third kappa shape index (κ3) is 36.8. The molecule has 0 aromatic heterocycles. The molecule has 18 heteroatoms. The van der Waals surface area contributed by atoms with Crippen molar-refractivity contribution in [3.05, 3.63) is 292 Å². The number of hydrogen-bond donors (Lipinski definition) is 2. The van der Waals surface area contributed by atoms with E-state index in [0.717, 1.165) is 102 Å². The van der Waals surface area contributed by atoms with Gasteiger partial charge in [-0.15, -0.1) is 0 Å². The minimum Gasteiger partial charge on any atom is -0.743 e. The highest BCUT2D eigenvalue weighted by molar-refractivity contribution is 7.87. The molecule has 16 rings (SSSR count). The van der Waals surface area contributed by atoms with Crippen LogP contribution in [0.3, 0.4) is 0 Å². The van der Waals surface area contributed by atoms with E-state index in [-0.39, 0.29) is 59.9 Å². The SMILES string of the molecule is CC1c2cccc3cccc(c23)C1C.CCC(C)c1ccc(O)cc1.CCC(C)c1ccc(O)cc1.CCC(C)c1ccc(OC(=O)C(F)(F)S(=O)(=O)[O-])cc1.CCC(C)c1ccc(OC(C)OC(C)C)cc1.CCC(C)c1ccc(OC(C)OCCC2CCCCC2)cc1.CCC(C)c1ccc(OC(OC(C)c2ccccc2)C(C)(C)C)cc1.CCC(C)c1ccc(OC(OC2CC3CCC2C3)C2(C)CC3CCC2C3)cc1. The summed E-state index contributed by atoms with van der Waals surface area (Å²) < 4.78 is 110. The zero-order valence-electron chi connectivity index (χ0n) is 94.1. The maximum atomic E-state index is 12.9. The van der Waals surface area contributed by atoms with Gasteiger partial charge < -0.3 is 57.4 Å². The Morgan fingerprint density at radius 2 is 0.811 bits per heavy atom. The summed E-state index contributed by atoms with van der Waals surface area (Å²) in [5.74, 6) is 11.0. The molecule has 6 aliphatic rings.